The number of hydrogen-bond acceptors (Lipinski definition) is 5. The summed E-state index contributed by atoms with van der Waals surface area (Å²) in [5, 5.41) is 0.322. The molecule has 1 aromatic carbocycles. The molecule has 0 aliphatic carbocycles. The van der Waals surface area contributed by atoms with Crippen molar-refractivity contribution in [3.05, 3.63) is 40.8 Å². The number of halogens is 1. The lowest BCUT2D eigenvalue weighted by molar-refractivity contribution is -0.117. The number of benzene rings is 1. The quantitative estimate of drug-likeness (QED) is 0.809. The van der Waals surface area contributed by atoms with Gasteiger partial charge in [-0.05, 0) is 12.1 Å². The second-order valence-corrected chi connectivity index (χ2v) is 5.16. The van der Waals surface area contributed by atoms with Gasteiger partial charge in [0.2, 0.25) is 5.91 Å². The van der Waals surface area contributed by atoms with E-state index >= 15 is 0 Å². The maximum Gasteiger partial charge on any atom is 0.233 e. The summed E-state index contributed by atoms with van der Waals surface area (Å²) in [5.41, 5.74) is 1.53. The monoisotopic (exact) mass is 319 g/mol. The lowest BCUT2D eigenvalue weighted by Crippen LogP contribution is -2.26. The molecule has 0 saturated carbocycles. The normalized spacial score (nSPS) is 13.2. The first-order valence-corrected chi connectivity index (χ1v) is 7.02. The molecule has 1 aliphatic heterocycles. The summed E-state index contributed by atoms with van der Waals surface area (Å²) in [6.07, 6.45) is 1.57. The molecule has 0 saturated heterocycles. The molecule has 0 fully saturated rings. The highest BCUT2D eigenvalue weighted by atomic mass is 35.5. The lowest BCUT2D eigenvalue weighted by atomic mass is 10.2. The Morgan fingerprint density at radius 3 is 2.82 bits per heavy atom. The van der Waals surface area contributed by atoms with Gasteiger partial charge in [0.15, 0.2) is 0 Å². The number of carbonyl (C=O) groups excluding carboxylic acids is 1. The number of fused-ring (bicyclic) bond motifs is 1. The molecule has 114 valence electrons. The third kappa shape index (κ3) is 2.46. The Morgan fingerprint density at radius 2 is 2.09 bits per heavy atom. The molecule has 1 amide bonds. The minimum Gasteiger partial charge on any atom is -0.497 e. The van der Waals surface area contributed by atoms with Crippen LogP contribution < -0.4 is 14.4 Å². The average Bonchev–Trinajstić information content (AvgIpc) is 2.85. The minimum absolute atomic E-state index is 0.0599. The Morgan fingerprint density at radius 1 is 1.27 bits per heavy atom. The van der Waals surface area contributed by atoms with Crippen LogP contribution in [0.2, 0.25) is 5.15 Å². The number of methoxy groups -OCH3 is 2. The standard InChI is InChI=1S/C15H14ClN3O3/c1-21-10-4-3-9(12(5-10)22-2)7-19-13(20)6-11-14(16)17-8-18-15(11)19/h3-5,8H,6-7H2,1-2H3. The van der Waals surface area contributed by atoms with E-state index in [0.717, 1.165) is 5.56 Å². The van der Waals surface area contributed by atoms with Crippen molar-refractivity contribution in [2.75, 3.05) is 19.1 Å². The summed E-state index contributed by atoms with van der Waals surface area (Å²) in [6, 6.07) is 5.47. The first-order valence-electron chi connectivity index (χ1n) is 6.64. The predicted molar refractivity (Wildman–Crippen MR) is 81.5 cm³/mol. The van der Waals surface area contributed by atoms with Crippen LogP contribution in [0.25, 0.3) is 0 Å². The van der Waals surface area contributed by atoms with Crippen molar-refractivity contribution >= 4 is 23.3 Å². The lowest BCUT2D eigenvalue weighted by Gasteiger charge is -2.18. The first kappa shape index (κ1) is 14.6. The van der Waals surface area contributed by atoms with E-state index in [-0.39, 0.29) is 12.3 Å². The molecule has 7 heteroatoms. The molecule has 0 N–H and O–H groups in total. The van der Waals surface area contributed by atoms with Gasteiger partial charge in [-0.1, -0.05) is 11.6 Å². The van der Waals surface area contributed by atoms with E-state index in [1.807, 2.05) is 12.1 Å². The van der Waals surface area contributed by atoms with Crippen molar-refractivity contribution in [3.8, 4) is 11.5 Å². The molecule has 0 spiro atoms. The average molecular weight is 320 g/mol. The molecule has 6 nitrogen and oxygen atoms in total. The van der Waals surface area contributed by atoms with Gasteiger partial charge in [0.05, 0.1) is 27.2 Å². The summed E-state index contributed by atoms with van der Waals surface area (Å²) in [7, 11) is 3.17. The van der Waals surface area contributed by atoms with Gasteiger partial charge in [-0.25, -0.2) is 9.97 Å². The van der Waals surface area contributed by atoms with E-state index in [4.69, 9.17) is 21.1 Å². The fraction of sp³-hybridized carbons (Fsp3) is 0.267. The molecular formula is C15H14ClN3O3. The van der Waals surface area contributed by atoms with Crippen LogP contribution in [0.5, 0.6) is 11.5 Å². The van der Waals surface area contributed by atoms with Gasteiger partial charge >= 0.3 is 0 Å². The van der Waals surface area contributed by atoms with Gasteiger partial charge in [-0.3, -0.25) is 9.69 Å². The molecule has 3 rings (SSSR count). The molecular weight excluding hydrogens is 306 g/mol. The number of ether oxygens (including phenoxy) is 2. The molecule has 0 atom stereocenters. The Kier molecular flexibility index (Phi) is 3.85. The molecule has 1 aliphatic rings. The van der Waals surface area contributed by atoms with Crippen molar-refractivity contribution in [3.63, 3.8) is 0 Å². The molecule has 2 aromatic rings. The number of hydrogen-bond donors (Lipinski definition) is 0. The van der Waals surface area contributed by atoms with E-state index in [9.17, 15) is 4.79 Å². The Labute approximate surface area is 132 Å². The molecule has 0 bridgehead atoms. The second kappa shape index (κ2) is 5.81. The molecule has 0 unspecified atom stereocenters. The maximum absolute atomic E-state index is 12.2. The number of rotatable bonds is 4. The van der Waals surface area contributed by atoms with E-state index in [1.165, 1.54) is 6.33 Å². The SMILES string of the molecule is COc1ccc(CN2C(=O)Cc3c(Cl)ncnc32)c(OC)c1. The summed E-state index contributed by atoms with van der Waals surface area (Å²) < 4.78 is 10.5. The fourth-order valence-corrected chi connectivity index (χ4v) is 2.64. The zero-order valence-corrected chi connectivity index (χ0v) is 12.9. The third-order valence-electron chi connectivity index (χ3n) is 3.58. The zero-order chi connectivity index (χ0) is 15.7. The van der Waals surface area contributed by atoms with Crippen LogP contribution in [0.15, 0.2) is 24.5 Å². The van der Waals surface area contributed by atoms with Crippen LogP contribution in [0.1, 0.15) is 11.1 Å². The number of nitrogens with zero attached hydrogens (tertiary/aromatic N) is 3. The molecule has 2 heterocycles. The van der Waals surface area contributed by atoms with Crippen molar-refractivity contribution in [1.29, 1.82) is 0 Å². The molecule has 22 heavy (non-hydrogen) atoms. The van der Waals surface area contributed by atoms with Crippen LogP contribution >= 0.6 is 11.6 Å². The number of aromatic nitrogens is 2. The predicted octanol–water partition coefficient (Wildman–Crippen LogP) is 2.24. The summed E-state index contributed by atoms with van der Waals surface area (Å²) in [4.78, 5) is 21.9. The van der Waals surface area contributed by atoms with E-state index in [1.54, 1.807) is 25.2 Å². The Bertz CT molecular complexity index is 736. The van der Waals surface area contributed by atoms with Crippen LogP contribution in [0.4, 0.5) is 5.82 Å². The van der Waals surface area contributed by atoms with Crippen molar-refractivity contribution in [1.82, 2.24) is 9.97 Å². The van der Waals surface area contributed by atoms with Gasteiger partial charge in [-0.2, -0.15) is 0 Å². The zero-order valence-electron chi connectivity index (χ0n) is 12.2. The summed E-state index contributed by atoms with van der Waals surface area (Å²) in [5.74, 6) is 1.85. The fourth-order valence-electron chi connectivity index (χ4n) is 2.45. The second-order valence-electron chi connectivity index (χ2n) is 4.80. The van der Waals surface area contributed by atoms with Crippen LogP contribution in [0, 0.1) is 0 Å². The highest BCUT2D eigenvalue weighted by molar-refractivity contribution is 6.31. The summed E-state index contributed by atoms with van der Waals surface area (Å²) >= 11 is 6.03. The van der Waals surface area contributed by atoms with Crippen molar-refractivity contribution in [2.45, 2.75) is 13.0 Å². The van der Waals surface area contributed by atoms with E-state index in [2.05, 4.69) is 9.97 Å². The number of amides is 1. The molecule has 0 radical (unpaired) electrons. The third-order valence-corrected chi connectivity index (χ3v) is 3.90. The Balaban J connectivity index is 1.95. The molecule has 1 aromatic heterocycles. The van der Waals surface area contributed by atoms with Crippen LogP contribution in [0.3, 0.4) is 0 Å². The smallest absolute Gasteiger partial charge is 0.233 e. The van der Waals surface area contributed by atoms with Crippen LogP contribution in [-0.2, 0) is 17.8 Å². The van der Waals surface area contributed by atoms with Gasteiger partial charge in [0.1, 0.15) is 28.8 Å². The van der Waals surface area contributed by atoms with Crippen molar-refractivity contribution < 1.29 is 14.3 Å². The van der Waals surface area contributed by atoms with Gasteiger partial charge in [0.25, 0.3) is 0 Å². The van der Waals surface area contributed by atoms with Crippen molar-refractivity contribution in [2.24, 2.45) is 0 Å². The summed E-state index contributed by atoms with van der Waals surface area (Å²) in [6.45, 7) is 0.354. The van der Waals surface area contributed by atoms with Gasteiger partial charge in [-0.15, -0.1) is 0 Å². The van der Waals surface area contributed by atoms with E-state index < -0.39 is 0 Å². The van der Waals surface area contributed by atoms with E-state index in [0.29, 0.717) is 34.6 Å². The van der Waals surface area contributed by atoms with Gasteiger partial charge < -0.3 is 9.47 Å². The van der Waals surface area contributed by atoms with Crippen LogP contribution in [-0.4, -0.2) is 30.1 Å². The highest BCUT2D eigenvalue weighted by Gasteiger charge is 2.31. The number of anilines is 1. The largest absolute Gasteiger partial charge is 0.497 e. The highest BCUT2D eigenvalue weighted by Crippen LogP contribution is 2.33. The maximum atomic E-state index is 12.2. The first-order chi connectivity index (χ1) is 10.6. The topological polar surface area (TPSA) is 64.5 Å². The Hall–Kier alpha value is -2.34. The van der Waals surface area contributed by atoms with Gasteiger partial charge in [0, 0.05) is 17.2 Å². The number of carbonyl (C=O) groups is 1. The minimum atomic E-state index is -0.0599.